The third-order valence-electron chi connectivity index (χ3n) is 3.51. The Balaban J connectivity index is 1.75. The van der Waals surface area contributed by atoms with Crippen LogP contribution in [0.1, 0.15) is 20.1 Å². The molecule has 0 bridgehead atoms. The number of anilines is 1. The summed E-state index contributed by atoms with van der Waals surface area (Å²) in [5, 5.41) is 5.08. The van der Waals surface area contributed by atoms with Crippen molar-refractivity contribution in [3.8, 4) is 0 Å². The zero-order chi connectivity index (χ0) is 15.7. The van der Waals surface area contributed by atoms with E-state index in [-0.39, 0.29) is 5.91 Å². The second-order valence-electron chi connectivity index (χ2n) is 5.10. The summed E-state index contributed by atoms with van der Waals surface area (Å²) in [6.07, 6.45) is 0. The second kappa shape index (κ2) is 6.10. The van der Waals surface area contributed by atoms with Gasteiger partial charge < -0.3 is 11.1 Å². The van der Waals surface area contributed by atoms with Crippen molar-refractivity contribution in [3.63, 3.8) is 0 Å². The largest absolute Gasteiger partial charge is 0.398 e. The summed E-state index contributed by atoms with van der Waals surface area (Å²) in [5.74, 6) is -0.0496. The van der Waals surface area contributed by atoms with E-state index in [9.17, 15) is 4.79 Å². The fourth-order valence-electron chi connectivity index (χ4n) is 2.31. The summed E-state index contributed by atoms with van der Waals surface area (Å²) >= 11 is 4.92. The number of hydrogen-bond donors (Lipinski definition) is 2. The van der Waals surface area contributed by atoms with Crippen LogP contribution in [0.2, 0.25) is 0 Å². The van der Waals surface area contributed by atoms with Crippen LogP contribution < -0.4 is 11.1 Å². The van der Waals surface area contributed by atoms with Gasteiger partial charge in [0, 0.05) is 27.0 Å². The van der Waals surface area contributed by atoms with Gasteiger partial charge in [0.2, 0.25) is 0 Å². The molecule has 0 unspecified atom stereocenters. The summed E-state index contributed by atoms with van der Waals surface area (Å²) in [6.45, 7) is 2.48. The highest BCUT2D eigenvalue weighted by Gasteiger charge is 2.11. The van der Waals surface area contributed by atoms with Crippen molar-refractivity contribution in [1.82, 2.24) is 5.32 Å². The quantitative estimate of drug-likeness (QED) is 0.663. The van der Waals surface area contributed by atoms with E-state index in [1.807, 2.05) is 43.3 Å². The maximum Gasteiger partial charge on any atom is 0.261 e. The number of nitrogen functional groups attached to an aromatic ring is 1. The first kappa shape index (κ1) is 15.1. The van der Waals surface area contributed by atoms with Crippen LogP contribution in [-0.2, 0) is 6.54 Å². The number of aryl methyl sites for hydroxylation is 1. The summed E-state index contributed by atoms with van der Waals surface area (Å²) in [5.41, 5.74) is 7.77. The molecule has 0 spiro atoms. The Morgan fingerprint density at radius 3 is 2.82 bits per heavy atom. The van der Waals surface area contributed by atoms with Crippen LogP contribution in [0.3, 0.4) is 0 Å². The highest BCUT2D eigenvalue weighted by Crippen LogP contribution is 2.26. The molecular formula is C17H15BrN2OS. The number of rotatable bonds is 3. The van der Waals surface area contributed by atoms with Crippen molar-refractivity contribution in [2.24, 2.45) is 0 Å². The Labute approximate surface area is 141 Å². The predicted octanol–water partition coefficient (Wildman–Crippen LogP) is 4.48. The van der Waals surface area contributed by atoms with Crippen molar-refractivity contribution in [2.75, 3.05) is 5.73 Å². The van der Waals surface area contributed by atoms with Crippen LogP contribution >= 0.6 is 27.3 Å². The predicted molar refractivity (Wildman–Crippen MR) is 96.3 cm³/mol. The van der Waals surface area contributed by atoms with Crippen LogP contribution in [0.5, 0.6) is 0 Å². The van der Waals surface area contributed by atoms with E-state index in [1.165, 1.54) is 11.3 Å². The van der Waals surface area contributed by atoms with E-state index in [1.54, 1.807) is 0 Å². The molecule has 3 aromatic rings. The number of amides is 1. The van der Waals surface area contributed by atoms with E-state index in [0.717, 1.165) is 36.3 Å². The van der Waals surface area contributed by atoms with Crippen molar-refractivity contribution < 1.29 is 4.79 Å². The minimum Gasteiger partial charge on any atom is -0.398 e. The Morgan fingerprint density at radius 1 is 1.27 bits per heavy atom. The van der Waals surface area contributed by atoms with Gasteiger partial charge in [0.25, 0.3) is 5.91 Å². The summed E-state index contributed by atoms with van der Waals surface area (Å²) in [4.78, 5) is 14.0. The van der Waals surface area contributed by atoms with Gasteiger partial charge in [-0.05, 0) is 52.0 Å². The molecule has 1 heterocycles. The van der Waals surface area contributed by atoms with Gasteiger partial charge in [-0.1, -0.05) is 24.3 Å². The molecule has 3 nitrogen and oxygen atoms in total. The fraction of sp³-hybridized carbons (Fsp3) is 0.118. The topological polar surface area (TPSA) is 55.1 Å². The molecule has 0 saturated heterocycles. The summed E-state index contributed by atoms with van der Waals surface area (Å²) < 4.78 is 0.976. The first-order valence-electron chi connectivity index (χ1n) is 6.86. The lowest BCUT2D eigenvalue weighted by molar-refractivity contribution is 0.0955. The van der Waals surface area contributed by atoms with Gasteiger partial charge in [0.05, 0.1) is 4.88 Å². The molecule has 0 aliphatic rings. The molecule has 1 aromatic heterocycles. The van der Waals surface area contributed by atoms with Gasteiger partial charge in [-0.2, -0.15) is 0 Å². The minimum absolute atomic E-state index is 0.0496. The number of thiophene rings is 1. The molecule has 0 saturated carbocycles. The molecular weight excluding hydrogens is 360 g/mol. The van der Waals surface area contributed by atoms with Gasteiger partial charge in [-0.15, -0.1) is 11.3 Å². The van der Waals surface area contributed by atoms with Gasteiger partial charge in [0.15, 0.2) is 0 Å². The van der Waals surface area contributed by atoms with Crippen molar-refractivity contribution in [1.29, 1.82) is 0 Å². The first-order chi connectivity index (χ1) is 10.5. The number of halogens is 1. The lowest BCUT2D eigenvalue weighted by Gasteiger charge is -2.07. The Hall–Kier alpha value is -1.85. The molecule has 2 aromatic carbocycles. The molecule has 3 rings (SSSR count). The van der Waals surface area contributed by atoms with Crippen LogP contribution in [-0.4, -0.2) is 5.91 Å². The van der Waals surface area contributed by atoms with Gasteiger partial charge in [-0.3, -0.25) is 4.79 Å². The maximum absolute atomic E-state index is 12.2. The number of nitrogens with two attached hydrogens (primary N) is 1. The van der Waals surface area contributed by atoms with Crippen LogP contribution in [0.15, 0.2) is 46.9 Å². The van der Waals surface area contributed by atoms with Crippen molar-refractivity contribution in [3.05, 3.63) is 62.3 Å². The van der Waals surface area contributed by atoms with Gasteiger partial charge in [-0.25, -0.2) is 0 Å². The number of fused-ring (bicyclic) bond motifs is 1. The Morgan fingerprint density at radius 2 is 2.09 bits per heavy atom. The molecule has 3 N–H and O–H groups in total. The first-order valence-corrected chi connectivity index (χ1v) is 8.47. The van der Waals surface area contributed by atoms with Crippen LogP contribution in [0.25, 0.3) is 10.8 Å². The zero-order valence-electron chi connectivity index (χ0n) is 12.0. The Bertz CT molecular complexity index is 837. The monoisotopic (exact) mass is 374 g/mol. The van der Waals surface area contributed by atoms with Gasteiger partial charge in [0.1, 0.15) is 0 Å². The molecule has 5 heteroatoms. The molecule has 1 amide bonds. The van der Waals surface area contributed by atoms with E-state index in [0.29, 0.717) is 6.54 Å². The molecule has 0 aliphatic carbocycles. The van der Waals surface area contributed by atoms with Crippen molar-refractivity contribution in [2.45, 2.75) is 13.5 Å². The fourth-order valence-corrected chi connectivity index (χ4v) is 3.76. The number of nitrogens with one attached hydrogen (secondary N) is 1. The lowest BCUT2D eigenvalue weighted by atomic mass is 10.1. The lowest BCUT2D eigenvalue weighted by Crippen LogP contribution is -2.21. The van der Waals surface area contributed by atoms with E-state index >= 15 is 0 Å². The Kier molecular flexibility index (Phi) is 4.18. The molecule has 0 atom stereocenters. The highest BCUT2D eigenvalue weighted by atomic mass is 79.9. The summed E-state index contributed by atoms with van der Waals surface area (Å²) in [6, 6.07) is 13.8. The number of benzene rings is 2. The minimum atomic E-state index is -0.0496. The highest BCUT2D eigenvalue weighted by molar-refractivity contribution is 9.10. The smallest absolute Gasteiger partial charge is 0.261 e. The summed E-state index contributed by atoms with van der Waals surface area (Å²) in [7, 11) is 0. The van der Waals surface area contributed by atoms with Crippen molar-refractivity contribution >= 4 is 49.6 Å². The molecule has 0 aliphatic heterocycles. The van der Waals surface area contributed by atoms with E-state index in [2.05, 4.69) is 27.3 Å². The van der Waals surface area contributed by atoms with E-state index in [4.69, 9.17) is 5.73 Å². The average Bonchev–Trinajstić information content (AvgIpc) is 2.84. The standard InChI is InChI=1S/C17H15BrN2OS/c1-10-14(18)8-16(22-10)17(21)20-9-11-5-6-13-12(7-11)3-2-4-15(13)19/h2-8H,9,19H2,1H3,(H,20,21). The third-order valence-corrected chi connectivity index (χ3v) is 5.65. The SMILES string of the molecule is Cc1sc(C(=O)NCc2ccc3c(N)cccc3c2)cc1Br. The normalized spacial score (nSPS) is 10.8. The number of carbonyl (C=O) groups excluding carboxylic acids is 1. The zero-order valence-corrected chi connectivity index (χ0v) is 14.4. The maximum atomic E-state index is 12.2. The third kappa shape index (κ3) is 3.00. The molecule has 0 radical (unpaired) electrons. The second-order valence-corrected chi connectivity index (χ2v) is 7.21. The molecule has 22 heavy (non-hydrogen) atoms. The average molecular weight is 375 g/mol. The van der Waals surface area contributed by atoms with E-state index < -0.39 is 0 Å². The van der Waals surface area contributed by atoms with Crippen LogP contribution in [0.4, 0.5) is 5.69 Å². The molecule has 112 valence electrons. The number of carbonyl (C=O) groups is 1. The van der Waals surface area contributed by atoms with Crippen LogP contribution in [0, 0.1) is 6.92 Å². The molecule has 0 fully saturated rings. The van der Waals surface area contributed by atoms with Gasteiger partial charge >= 0.3 is 0 Å². The number of hydrogen-bond acceptors (Lipinski definition) is 3.